The van der Waals surface area contributed by atoms with Crippen LogP contribution < -0.4 is 0 Å². The Hall–Kier alpha value is -3.50. The van der Waals surface area contributed by atoms with Gasteiger partial charge in [0.05, 0.1) is 28.8 Å². The number of hydrogen-bond donors (Lipinski definition) is 0. The number of fused-ring (bicyclic) bond motifs is 3. The summed E-state index contributed by atoms with van der Waals surface area (Å²) in [4.78, 5) is 11.8. The smallest absolute Gasteiger partial charge is 0.134 e. The molecular formula is C26H21N3O. The van der Waals surface area contributed by atoms with E-state index in [1.807, 2.05) is 42.6 Å². The van der Waals surface area contributed by atoms with Crippen LogP contribution >= 0.6 is 0 Å². The van der Waals surface area contributed by atoms with E-state index in [9.17, 15) is 0 Å². The van der Waals surface area contributed by atoms with Crippen LogP contribution in [0.15, 0.2) is 83.4 Å². The lowest BCUT2D eigenvalue weighted by Crippen LogP contribution is -2.30. The molecule has 0 bridgehead atoms. The van der Waals surface area contributed by atoms with E-state index in [1.165, 1.54) is 11.1 Å². The summed E-state index contributed by atoms with van der Waals surface area (Å²) in [5, 5.41) is 1.16. The highest BCUT2D eigenvalue weighted by Crippen LogP contribution is 2.37. The third-order valence-electron chi connectivity index (χ3n) is 5.99. The van der Waals surface area contributed by atoms with Crippen LogP contribution in [0.4, 0.5) is 0 Å². The lowest BCUT2D eigenvalue weighted by atomic mass is 9.86. The van der Waals surface area contributed by atoms with E-state index in [2.05, 4.69) is 53.3 Å². The molecule has 5 aromatic rings. The van der Waals surface area contributed by atoms with E-state index >= 15 is 0 Å². The van der Waals surface area contributed by atoms with Crippen LogP contribution in [0.25, 0.3) is 33.3 Å². The maximum Gasteiger partial charge on any atom is 0.134 e. The Balaban J connectivity index is 1.43. The molecular weight excluding hydrogens is 370 g/mol. The first-order chi connectivity index (χ1) is 14.7. The molecule has 0 saturated heterocycles. The second kappa shape index (κ2) is 6.78. The Labute approximate surface area is 174 Å². The minimum atomic E-state index is 0.225. The molecule has 1 aliphatic rings. The molecule has 0 spiro atoms. The Morgan fingerprint density at radius 2 is 1.77 bits per heavy atom. The summed E-state index contributed by atoms with van der Waals surface area (Å²) in [6.07, 6.45) is 1.87. The van der Waals surface area contributed by atoms with Gasteiger partial charge in [0.15, 0.2) is 0 Å². The van der Waals surface area contributed by atoms with Gasteiger partial charge in [0.1, 0.15) is 11.3 Å². The van der Waals surface area contributed by atoms with Crippen molar-refractivity contribution in [3.63, 3.8) is 0 Å². The Morgan fingerprint density at radius 1 is 0.933 bits per heavy atom. The largest absolute Gasteiger partial charge is 0.460 e. The second-order valence-electron chi connectivity index (χ2n) is 8.09. The summed E-state index contributed by atoms with van der Waals surface area (Å²) < 4.78 is 6.23. The number of rotatable bonds is 2. The van der Waals surface area contributed by atoms with Gasteiger partial charge in [-0.3, -0.25) is 4.98 Å². The molecule has 0 N–H and O–H groups in total. The van der Waals surface area contributed by atoms with Gasteiger partial charge in [-0.1, -0.05) is 42.5 Å². The van der Waals surface area contributed by atoms with Crippen LogP contribution in [0.3, 0.4) is 0 Å². The minimum Gasteiger partial charge on any atom is -0.460 e. The topological polar surface area (TPSA) is 42.2 Å². The Bertz CT molecular complexity index is 1350. The number of benzene rings is 3. The fourth-order valence-corrected chi connectivity index (χ4v) is 4.52. The fourth-order valence-electron chi connectivity index (χ4n) is 4.52. The maximum absolute atomic E-state index is 6.23. The molecule has 1 unspecified atom stereocenters. The van der Waals surface area contributed by atoms with Crippen molar-refractivity contribution in [3.8, 4) is 11.3 Å². The zero-order valence-electron chi connectivity index (χ0n) is 16.7. The van der Waals surface area contributed by atoms with Gasteiger partial charge in [-0.2, -0.15) is 0 Å². The second-order valence-corrected chi connectivity index (χ2v) is 8.09. The molecule has 0 saturated carbocycles. The summed E-state index contributed by atoms with van der Waals surface area (Å²) in [6, 6.07) is 25.1. The van der Waals surface area contributed by atoms with Gasteiger partial charge >= 0.3 is 0 Å². The van der Waals surface area contributed by atoms with Crippen LogP contribution in [-0.2, 0) is 6.54 Å². The SMILES string of the molecule is CN1Cc2cc(-c3cnc4ccccc4n3)ccc2C(c2cc3ccccc3o2)C1. The van der Waals surface area contributed by atoms with Crippen molar-refractivity contribution in [2.75, 3.05) is 13.6 Å². The van der Waals surface area contributed by atoms with Gasteiger partial charge in [-0.15, -0.1) is 0 Å². The molecule has 4 nitrogen and oxygen atoms in total. The van der Waals surface area contributed by atoms with Gasteiger partial charge in [-0.05, 0) is 48.5 Å². The van der Waals surface area contributed by atoms with Gasteiger partial charge in [-0.25, -0.2) is 4.98 Å². The lowest BCUT2D eigenvalue weighted by molar-refractivity contribution is 0.282. The van der Waals surface area contributed by atoms with Crippen LogP contribution in [0, 0.1) is 0 Å². The van der Waals surface area contributed by atoms with Crippen LogP contribution in [0.1, 0.15) is 22.8 Å². The third-order valence-corrected chi connectivity index (χ3v) is 5.99. The first-order valence-electron chi connectivity index (χ1n) is 10.3. The molecule has 0 radical (unpaired) electrons. The molecule has 1 aliphatic heterocycles. The average molecular weight is 391 g/mol. The highest BCUT2D eigenvalue weighted by molar-refractivity contribution is 5.78. The molecule has 2 aromatic heterocycles. The molecule has 30 heavy (non-hydrogen) atoms. The van der Waals surface area contributed by atoms with Crippen LogP contribution in [-0.4, -0.2) is 28.5 Å². The van der Waals surface area contributed by atoms with Crippen molar-refractivity contribution in [1.29, 1.82) is 0 Å². The molecule has 4 heteroatoms. The van der Waals surface area contributed by atoms with E-state index < -0.39 is 0 Å². The van der Waals surface area contributed by atoms with E-state index in [-0.39, 0.29) is 5.92 Å². The van der Waals surface area contributed by atoms with E-state index in [0.29, 0.717) is 0 Å². The predicted octanol–water partition coefficient (Wildman–Crippen LogP) is 5.62. The first kappa shape index (κ1) is 17.4. The van der Waals surface area contributed by atoms with E-state index in [4.69, 9.17) is 9.40 Å². The van der Waals surface area contributed by atoms with Crippen molar-refractivity contribution in [3.05, 3.63) is 95.9 Å². The fraction of sp³-hybridized carbons (Fsp3) is 0.154. The zero-order chi connectivity index (χ0) is 20.1. The molecule has 3 aromatic carbocycles. The van der Waals surface area contributed by atoms with Crippen LogP contribution in [0.5, 0.6) is 0 Å². The Kier molecular flexibility index (Phi) is 3.93. The maximum atomic E-state index is 6.23. The van der Waals surface area contributed by atoms with Crippen molar-refractivity contribution in [2.45, 2.75) is 12.5 Å². The highest BCUT2D eigenvalue weighted by atomic mass is 16.3. The Morgan fingerprint density at radius 3 is 2.67 bits per heavy atom. The van der Waals surface area contributed by atoms with E-state index in [0.717, 1.165) is 52.1 Å². The van der Waals surface area contributed by atoms with Gasteiger partial charge in [0.25, 0.3) is 0 Å². The number of para-hydroxylation sites is 3. The highest BCUT2D eigenvalue weighted by Gasteiger charge is 2.27. The van der Waals surface area contributed by atoms with Gasteiger partial charge in [0.2, 0.25) is 0 Å². The number of nitrogens with zero attached hydrogens (tertiary/aromatic N) is 3. The molecule has 0 aliphatic carbocycles. The summed E-state index contributed by atoms with van der Waals surface area (Å²) in [5.74, 6) is 1.25. The minimum absolute atomic E-state index is 0.225. The number of likely N-dealkylation sites (N-methyl/N-ethyl adjacent to an activating group) is 1. The quantitative estimate of drug-likeness (QED) is 0.392. The first-order valence-corrected chi connectivity index (χ1v) is 10.3. The van der Waals surface area contributed by atoms with Crippen LogP contribution in [0.2, 0.25) is 0 Å². The molecule has 0 amide bonds. The molecule has 0 fully saturated rings. The lowest BCUT2D eigenvalue weighted by Gasteiger charge is -2.31. The van der Waals surface area contributed by atoms with Crippen molar-refractivity contribution in [2.24, 2.45) is 0 Å². The number of aromatic nitrogens is 2. The zero-order valence-corrected chi connectivity index (χ0v) is 16.7. The predicted molar refractivity (Wildman–Crippen MR) is 119 cm³/mol. The molecule has 6 rings (SSSR count). The molecule has 3 heterocycles. The summed E-state index contributed by atoms with van der Waals surface area (Å²) in [7, 11) is 2.17. The van der Waals surface area contributed by atoms with Crippen molar-refractivity contribution < 1.29 is 4.42 Å². The van der Waals surface area contributed by atoms with E-state index in [1.54, 1.807) is 0 Å². The summed E-state index contributed by atoms with van der Waals surface area (Å²) in [5.41, 5.74) is 7.46. The summed E-state index contributed by atoms with van der Waals surface area (Å²) in [6.45, 7) is 1.86. The van der Waals surface area contributed by atoms with Crippen molar-refractivity contribution in [1.82, 2.24) is 14.9 Å². The normalized spacial score (nSPS) is 16.8. The monoisotopic (exact) mass is 391 g/mol. The summed E-state index contributed by atoms with van der Waals surface area (Å²) >= 11 is 0. The molecule has 1 atom stereocenters. The average Bonchev–Trinajstić information content (AvgIpc) is 3.22. The van der Waals surface area contributed by atoms with Crippen molar-refractivity contribution >= 4 is 22.0 Å². The van der Waals surface area contributed by atoms with Gasteiger partial charge < -0.3 is 9.32 Å². The standard InChI is InChI=1S/C26H21N3O/c1-29-15-19-12-17(24-14-27-22-7-3-4-8-23(22)28-24)10-11-20(19)21(16-29)26-13-18-6-2-5-9-25(18)30-26/h2-14,21H,15-16H2,1H3. The number of furan rings is 1. The third kappa shape index (κ3) is 2.88. The number of hydrogen-bond acceptors (Lipinski definition) is 4. The molecule has 146 valence electrons. The van der Waals surface area contributed by atoms with Gasteiger partial charge in [0, 0.05) is 24.0 Å².